The summed E-state index contributed by atoms with van der Waals surface area (Å²) in [7, 11) is 0. The van der Waals surface area contributed by atoms with Crippen LogP contribution >= 0.6 is 11.3 Å². The van der Waals surface area contributed by atoms with Crippen LogP contribution in [0.4, 0.5) is 4.39 Å². The van der Waals surface area contributed by atoms with E-state index in [4.69, 9.17) is 0 Å². The summed E-state index contributed by atoms with van der Waals surface area (Å²) in [6, 6.07) is 6.25. The van der Waals surface area contributed by atoms with Crippen molar-refractivity contribution in [3.05, 3.63) is 51.2 Å². The van der Waals surface area contributed by atoms with Gasteiger partial charge in [-0.2, -0.15) is 0 Å². The second kappa shape index (κ2) is 7.31. The highest BCUT2D eigenvalue weighted by atomic mass is 32.1. The van der Waals surface area contributed by atoms with Crippen molar-refractivity contribution in [2.45, 2.75) is 20.3 Å². The molecule has 1 aromatic carbocycles. The third-order valence-corrected chi connectivity index (χ3v) is 5.32. The van der Waals surface area contributed by atoms with Gasteiger partial charge in [-0.05, 0) is 38.0 Å². The fourth-order valence-electron chi connectivity index (χ4n) is 2.81. The Labute approximate surface area is 149 Å². The van der Waals surface area contributed by atoms with E-state index in [2.05, 4.69) is 10.3 Å². The molecule has 1 aliphatic heterocycles. The number of thiazole rings is 1. The molecule has 1 aliphatic rings. The first-order valence-corrected chi connectivity index (χ1v) is 9.01. The SMILES string of the molecule is Cc1nc(C)c(C(=O)N2CC(C(=O)NCCc3ccc(F)cc3)C2)s1. The van der Waals surface area contributed by atoms with E-state index in [1.165, 1.54) is 23.5 Å². The zero-order valence-corrected chi connectivity index (χ0v) is 15.0. The zero-order chi connectivity index (χ0) is 18.0. The number of halogens is 1. The van der Waals surface area contributed by atoms with Crippen molar-refractivity contribution in [2.75, 3.05) is 19.6 Å². The average molecular weight is 361 g/mol. The number of rotatable bonds is 5. The summed E-state index contributed by atoms with van der Waals surface area (Å²) in [6.07, 6.45) is 0.653. The van der Waals surface area contributed by atoms with Gasteiger partial charge in [-0.15, -0.1) is 11.3 Å². The molecular weight excluding hydrogens is 341 g/mol. The zero-order valence-electron chi connectivity index (χ0n) is 14.2. The normalized spacial score (nSPS) is 14.3. The molecule has 7 heteroatoms. The molecule has 1 aromatic heterocycles. The molecule has 2 aromatic rings. The lowest BCUT2D eigenvalue weighted by Crippen LogP contribution is -2.55. The van der Waals surface area contributed by atoms with Crippen molar-refractivity contribution >= 4 is 23.2 Å². The van der Waals surface area contributed by atoms with Crippen LogP contribution in [0.25, 0.3) is 0 Å². The minimum Gasteiger partial charge on any atom is -0.355 e. The molecular formula is C18H20FN3O2S. The summed E-state index contributed by atoms with van der Waals surface area (Å²) in [5.74, 6) is -0.508. The lowest BCUT2D eigenvalue weighted by atomic mass is 9.98. The Hall–Kier alpha value is -2.28. The smallest absolute Gasteiger partial charge is 0.265 e. The van der Waals surface area contributed by atoms with Gasteiger partial charge in [0.1, 0.15) is 10.7 Å². The molecule has 1 fully saturated rings. The Morgan fingerprint density at radius 1 is 1.28 bits per heavy atom. The molecule has 0 aliphatic carbocycles. The summed E-state index contributed by atoms with van der Waals surface area (Å²) in [5.41, 5.74) is 1.72. The summed E-state index contributed by atoms with van der Waals surface area (Å²) < 4.78 is 12.8. The van der Waals surface area contributed by atoms with Crippen molar-refractivity contribution in [1.29, 1.82) is 0 Å². The molecule has 1 N–H and O–H groups in total. The maximum atomic E-state index is 12.8. The van der Waals surface area contributed by atoms with Crippen molar-refractivity contribution in [1.82, 2.24) is 15.2 Å². The number of carbonyl (C=O) groups excluding carboxylic acids is 2. The number of likely N-dealkylation sites (tertiary alicyclic amines) is 1. The molecule has 0 bridgehead atoms. The van der Waals surface area contributed by atoms with Crippen LogP contribution in [0.5, 0.6) is 0 Å². The number of aromatic nitrogens is 1. The highest BCUT2D eigenvalue weighted by Gasteiger charge is 2.36. The Morgan fingerprint density at radius 3 is 2.56 bits per heavy atom. The van der Waals surface area contributed by atoms with E-state index in [1.54, 1.807) is 17.0 Å². The molecule has 0 saturated carbocycles. The van der Waals surface area contributed by atoms with E-state index in [0.717, 1.165) is 16.3 Å². The number of hydrogen-bond acceptors (Lipinski definition) is 4. The van der Waals surface area contributed by atoms with Crippen molar-refractivity contribution in [2.24, 2.45) is 5.92 Å². The predicted molar refractivity (Wildman–Crippen MR) is 94.1 cm³/mol. The minimum atomic E-state index is -0.265. The van der Waals surface area contributed by atoms with Gasteiger partial charge < -0.3 is 10.2 Å². The van der Waals surface area contributed by atoms with E-state index in [1.807, 2.05) is 13.8 Å². The quantitative estimate of drug-likeness (QED) is 0.889. The van der Waals surface area contributed by atoms with Crippen LogP contribution in [-0.2, 0) is 11.2 Å². The summed E-state index contributed by atoms with van der Waals surface area (Å²) in [4.78, 5) is 31.1. The maximum absolute atomic E-state index is 12.8. The highest BCUT2D eigenvalue weighted by Crippen LogP contribution is 2.24. The van der Waals surface area contributed by atoms with E-state index in [9.17, 15) is 14.0 Å². The fraction of sp³-hybridized carbons (Fsp3) is 0.389. The van der Waals surface area contributed by atoms with Crippen LogP contribution in [0.3, 0.4) is 0 Å². The third-order valence-electron chi connectivity index (χ3n) is 4.26. The van der Waals surface area contributed by atoms with E-state index in [0.29, 0.717) is 30.9 Å². The first kappa shape index (κ1) is 17.5. The van der Waals surface area contributed by atoms with Crippen LogP contribution in [0.15, 0.2) is 24.3 Å². The van der Waals surface area contributed by atoms with Gasteiger partial charge in [0.25, 0.3) is 5.91 Å². The topological polar surface area (TPSA) is 62.3 Å². The molecule has 0 atom stereocenters. The largest absolute Gasteiger partial charge is 0.355 e. The molecule has 25 heavy (non-hydrogen) atoms. The van der Waals surface area contributed by atoms with Crippen LogP contribution in [0.2, 0.25) is 0 Å². The van der Waals surface area contributed by atoms with E-state index < -0.39 is 0 Å². The third kappa shape index (κ3) is 4.04. The van der Waals surface area contributed by atoms with Gasteiger partial charge in [-0.1, -0.05) is 12.1 Å². The van der Waals surface area contributed by atoms with Gasteiger partial charge in [-0.25, -0.2) is 9.37 Å². The van der Waals surface area contributed by atoms with Crippen LogP contribution in [-0.4, -0.2) is 41.3 Å². The number of hydrogen-bond donors (Lipinski definition) is 1. The van der Waals surface area contributed by atoms with Crippen molar-refractivity contribution in [3.8, 4) is 0 Å². The summed E-state index contributed by atoms with van der Waals surface area (Å²) in [5, 5.41) is 3.75. The lowest BCUT2D eigenvalue weighted by molar-refractivity contribution is -0.128. The molecule has 3 rings (SSSR count). The van der Waals surface area contributed by atoms with Gasteiger partial charge >= 0.3 is 0 Å². The number of nitrogens with one attached hydrogen (secondary N) is 1. The molecule has 2 amide bonds. The highest BCUT2D eigenvalue weighted by molar-refractivity contribution is 7.13. The molecule has 5 nitrogen and oxygen atoms in total. The Kier molecular flexibility index (Phi) is 5.13. The monoisotopic (exact) mass is 361 g/mol. The van der Waals surface area contributed by atoms with Crippen LogP contribution < -0.4 is 5.32 Å². The summed E-state index contributed by atoms with van der Waals surface area (Å²) >= 11 is 1.39. The Morgan fingerprint density at radius 2 is 1.96 bits per heavy atom. The predicted octanol–water partition coefficient (Wildman–Crippen LogP) is 2.33. The standard InChI is InChI=1S/C18H20FN3O2S/c1-11-16(25-12(2)21-11)18(24)22-9-14(10-22)17(23)20-8-7-13-3-5-15(19)6-4-13/h3-6,14H,7-10H2,1-2H3,(H,20,23). The minimum absolute atomic E-state index is 0.0385. The molecule has 132 valence electrons. The van der Waals surface area contributed by atoms with Gasteiger partial charge in [0.15, 0.2) is 0 Å². The van der Waals surface area contributed by atoms with Gasteiger partial charge in [0, 0.05) is 19.6 Å². The molecule has 0 unspecified atom stereocenters. The lowest BCUT2D eigenvalue weighted by Gasteiger charge is -2.38. The first-order valence-electron chi connectivity index (χ1n) is 8.19. The van der Waals surface area contributed by atoms with Gasteiger partial charge in [0.2, 0.25) is 5.91 Å². The fourth-order valence-corrected chi connectivity index (χ4v) is 3.70. The average Bonchev–Trinajstić information content (AvgIpc) is 2.86. The first-order chi connectivity index (χ1) is 11.9. The Balaban J connectivity index is 1.43. The van der Waals surface area contributed by atoms with E-state index >= 15 is 0 Å². The van der Waals surface area contributed by atoms with Gasteiger partial charge in [-0.3, -0.25) is 9.59 Å². The molecule has 0 spiro atoms. The second-order valence-corrected chi connectivity index (χ2v) is 7.43. The summed E-state index contributed by atoms with van der Waals surface area (Å²) in [6.45, 7) is 5.09. The van der Waals surface area contributed by atoms with E-state index in [-0.39, 0.29) is 23.5 Å². The molecule has 0 radical (unpaired) electrons. The second-order valence-electron chi connectivity index (χ2n) is 6.22. The maximum Gasteiger partial charge on any atom is 0.265 e. The molecule has 2 heterocycles. The number of carbonyl (C=O) groups is 2. The van der Waals surface area contributed by atoms with Crippen molar-refractivity contribution < 1.29 is 14.0 Å². The number of benzene rings is 1. The van der Waals surface area contributed by atoms with Gasteiger partial charge in [0.05, 0.1) is 16.6 Å². The number of nitrogens with zero attached hydrogens (tertiary/aromatic N) is 2. The Bertz CT molecular complexity index is 782. The van der Waals surface area contributed by atoms with Crippen LogP contribution in [0, 0.1) is 25.6 Å². The number of aryl methyl sites for hydroxylation is 2. The van der Waals surface area contributed by atoms with Crippen LogP contribution in [0.1, 0.15) is 25.9 Å². The molecule has 1 saturated heterocycles. The number of amides is 2. The van der Waals surface area contributed by atoms with Crippen molar-refractivity contribution in [3.63, 3.8) is 0 Å².